The molecule has 0 N–H and O–H groups in total. The maximum absolute atomic E-state index is 10.4. The number of halogens is 4. The van der Waals surface area contributed by atoms with Crippen molar-refractivity contribution < 1.29 is 70.7 Å². The Kier molecular flexibility index (Phi) is 8.75. The van der Waals surface area contributed by atoms with E-state index in [4.69, 9.17) is 10.3 Å². The molecule has 0 aliphatic rings. The minimum atomic E-state index is -4.01. The van der Waals surface area contributed by atoms with Gasteiger partial charge in [-0.15, -0.1) is 0 Å². The van der Waals surface area contributed by atoms with Gasteiger partial charge in [-0.3, -0.25) is 0 Å². The van der Waals surface area contributed by atoms with E-state index in [2.05, 4.69) is 0 Å². The van der Waals surface area contributed by atoms with Crippen molar-refractivity contribution in [1.82, 2.24) is 0 Å². The normalized spacial score (nSPS) is 10.8. The summed E-state index contributed by atoms with van der Waals surface area (Å²) in [4.78, 5) is 0. The van der Waals surface area contributed by atoms with Crippen LogP contribution in [0.3, 0.4) is 0 Å². The molecule has 0 saturated heterocycles. The van der Waals surface area contributed by atoms with Crippen molar-refractivity contribution in [3.05, 3.63) is 0 Å². The minimum absolute atomic E-state index is 1.04. The summed E-state index contributed by atoms with van der Waals surface area (Å²) in [5.74, 6) is 0. The van der Waals surface area contributed by atoms with Crippen LogP contribution in [0.25, 0.3) is 0 Å². The van der Waals surface area contributed by atoms with E-state index >= 15 is 0 Å². The molecule has 0 bridgehead atoms. The standard InChI is InChI=1S/CF3.Hg.IO3/c2-1(3)4;;2-1(3)4/q;+1;-1. The van der Waals surface area contributed by atoms with Crippen LogP contribution >= 0.6 is 0 Å². The number of hydrogen-bond donors (Lipinski definition) is 0. The van der Waals surface area contributed by atoms with E-state index in [-0.39, 0.29) is 0 Å². The van der Waals surface area contributed by atoms with Crippen LogP contribution in [0.1, 0.15) is 0 Å². The van der Waals surface area contributed by atoms with Crippen LogP contribution in [0.4, 0.5) is 13.2 Å². The third-order valence-electron chi connectivity index (χ3n) is 0. The Labute approximate surface area is 73.9 Å². The van der Waals surface area contributed by atoms with Gasteiger partial charge in [-0.2, -0.15) is 0 Å². The first kappa shape index (κ1) is 13.0. The molecule has 0 aromatic heterocycles. The first-order chi connectivity index (χ1) is 3.73. The molecule has 8 heteroatoms. The van der Waals surface area contributed by atoms with Crippen molar-refractivity contribution in [3.63, 3.8) is 0 Å². The van der Waals surface area contributed by atoms with E-state index in [1.807, 2.05) is 0 Å². The summed E-state index contributed by atoms with van der Waals surface area (Å²) < 4.78 is 53.2. The van der Waals surface area contributed by atoms with Crippen LogP contribution in [-0.4, -0.2) is 3.69 Å². The van der Waals surface area contributed by atoms with Crippen molar-refractivity contribution in [2.45, 2.75) is 3.69 Å². The van der Waals surface area contributed by atoms with Crippen molar-refractivity contribution in [1.29, 1.82) is 0 Å². The van der Waals surface area contributed by atoms with Gasteiger partial charge < -0.3 is 10.3 Å². The van der Waals surface area contributed by atoms with Crippen LogP contribution in [0, 0.1) is 0 Å². The van der Waals surface area contributed by atoms with E-state index in [1.54, 1.807) is 0 Å². The molecule has 0 radical (unpaired) electrons. The fourth-order valence-electron chi connectivity index (χ4n) is 0. The molecule has 0 aromatic rings. The summed E-state index contributed by atoms with van der Waals surface area (Å²) >= 11 is -5.06. The Bertz CT molecular complexity index is 55.8. The van der Waals surface area contributed by atoms with Gasteiger partial charge in [-0.05, 0) is 0 Å². The topological polar surface area (TPSA) is 69.2 Å². The maximum Gasteiger partial charge on any atom is 0.282 e. The van der Waals surface area contributed by atoms with Crippen LogP contribution < -0.4 is 31.4 Å². The molecule has 9 heavy (non-hydrogen) atoms. The molecule has 0 saturated carbocycles. The summed E-state index contributed by atoms with van der Waals surface area (Å²) in [6.07, 6.45) is 0. The van der Waals surface area contributed by atoms with E-state index in [9.17, 15) is 13.2 Å². The average molecular weight is 444 g/mol. The molecule has 0 aliphatic heterocycles. The average Bonchev–Trinajstić information content (AvgIpc) is 1.19. The van der Waals surface area contributed by atoms with E-state index in [0.29, 0.717) is 0 Å². The van der Waals surface area contributed by atoms with E-state index < -0.39 is 50.9 Å². The molecule has 3 nitrogen and oxygen atoms in total. The molecule has 0 aromatic carbocycles. The monoisotopic (exact) mass is 446 g/mol. The smallest absolute Gasteiger partial charge is 0.282 e. The molecule has 0 fully saturated rings. The van der Waals surface area contributed by atoms with Gasteiger partial charge in [0.2, 0.25) is 0 Å². The SMILES string of the molecule is F[C](F)(F)[Hg+].[O-][I+2]([O-])[O-]. The summed E-state index contributed by atoms with van der Waals surface area (Å²) in [6.45, 7) is 0. The van der Waals surface area contributed by atoms with Gasteiger partial charge in [0.05, 0.1) is 0 Å². The molecule has 52 valence electrons. The Morgan fingerprint density at radius 3 is 1.11 bits per heavy atom. The van der Waals surface area contributed by atoms with Crippen LogP contribution in [-0.2, 0) is 26.1 Å². The largest absolute Gasteiger partial charge is 0.427 e. The predicted octanol–water partition coefficient (Wildman–Crippen LogP) is -5.51. The molecular weight excluding hydrogens is 444 g/mol. The predicted molar refractivity (Wildman–Crippen MR) is 6.05 cm³/mol. The van der Waals surface area contributed by atoms with Gasteiger partial charge in [0.15, 0.2) is 0 Å². The number of alkyl halides is 3. The van der Waals surface area contributed by atoms with Gasteiger partial charge in [-0.1, -0.05) is 0 Å². The fraction of sp³-hybridized carbons (Fsp3) is 1.00. The van der Waals surface area contributed by atoms with Crippen molar-refractivity contribution in [3.8, 4) is 0 Å². The van der Waals surface area contributed by atoms with Gasteiger partial charge in [0, 0.05) is 0 Å². The van der Waals surface area contributed by atoms with E-state index in [1.165, 1.54) is 0 Å². The number of hydrogen-bond acceptors (Lipinski definition) is 3. The van der Waals surface area contributed by atoms with Crippen LogP contribution in [0.5, 0.6) is 0 Å². The molecule has 0 aliphatic carbocycles. The summed E-state index contributed by atoms with van der Waals surface area (Å²) in [7, 11) is 0. The van der Waals surface area contributed by atoms with Gasteiger partial charge in [0.25, 0.3) is 21.1 Å². The Balaban J connectivity index is 0. The molecule has 0 rings (SSSR count). The van der Waals surface area contributed by atoms with Gasteiger partial charge in [0.1, 0.15) is 0 Å². The first-order valence-electron chi connectivity index (χ1n) is 1.38. The number of rotatable bonds is 0. The molecular formula is CF3HgIO3. The maximum atomic E-state index is 10.4. The second kappa shape index (κ2) is 6.07. The van der Waals surface area contributed by atoms with Crippen LogP contribution in [0.2, 0.25) is 0 Å². The van der Waals surface area contributed by atoms with E-state index in [0.717, 1.165) is 0 Å². The zero-order chi connectivity index (χ0) is 8.08. The fourth-order valence-corrected chi connectivity index (χ4v) is 0. The Morgan fingerprint density at radius 2 is 1.11 bits per heavy atom. The third kappa shape index (κ3) is 282. The first-order valence-corrected chi connectivity index (χ1v) is 6.77. The Morgan fingerprint density at radius 1 is 1.11 bits per heavy atom. The summed E-state index contributed by atoms with van der Waals surface area (Å²) in [6, 6.07) is 0. The summed E-state index contributed by atoms with van der Waals surface area (Å²) in [5, 5.41) is 0. The van der Waals surface area contributed by atoms with Crippen LogP contribution in [0.15, 0.2) is 0 Å². The van der Waals surface area contributed by atoms with Crippen molar-refractivity contribution >= 4 is 0 Å². The molecule has 0 amide bonds. The zero-order valence-corrected chi connectivity index (χ0v) is 11.6. The third-order valence-corrected chi connectivity index (χ3v) is 0. The second-order valence-electron chi connectivity index (χ2n) is 0.804. The summed E-state index contributed by atoms with van der Waals surface area (Å²) in [5.41, 5.74) is 0. The van der Waals surface area contributed by atoms with Gasteiger partial charge in [-0.25, -0.2) is 0 Å². The van der Waals surface area contributed by atoms with Crippen molar-refractivity contribution in [2.75, 3.05) is 0 Å². The van der Waals surface area contributed by atoms with Gasteiger partial charge >= 0.3 is 43.0 Å². The Hall–Kier alpha value is 1.34. The quantitative estimate of drug-likeness (QED) is 0.277. The molecule has 0 spiro atoms. The molecule has 0 atom stereocenters. The second-order valence-corrected chi connectivity index (χ2v) is 5.00. The molecule has 0 heterocycles. The molecule has 0 unspecified atom stereocenters. The minimum Gasteiger partial charge on any atom is -0.427 e. The zero-order valence-electron chi connectivity index (χ0n) is 3.94. The van der Waals surface area contributed by atoms with Crippen molar-refractivity contribution in [2.24, 2.45) is 0 Å².